The summed E-state index contributed by atoms with van der Waals surface area (Å²) in [7, 11) is 1.97. The Hall–Kier alpha value is -1.91. The summed E-state index contributed by atoms with van der Waals surface area (Å²) in [6, 6.07) is 4.84. The Morgan fingerprint density at radius 2 is 2.25 bits per heavy atom. The van der Waals surface area contributed by atoms with Crippen LogP contribution in [0.25, 0.3) is 11.0 Å². The molecule has 1 heterocycles. The number of fused-ring (bicyclic) bond motifs is 1. The SMILES string of the molecule is Cn1c(C2CC2)nc2cc([N+](=O)[O-])ccc21. The lowest BCUT2D eigenvalue weighted by Gasteiger charge is -1.98. The minimum Gasteiger partial charge on any atom is -0.331 e. The van der Waals surface area contributed by atoms with Crippen molar-refractivity contribution in [3.8, 4) is 0 Å². The van der Waals surface area contributed by atoms with E-state index in [2.05, 4.69) is 4.98 Å². The molecule has 0 N–H and O–H groups in total. The van der Waals surface area contributed by atoms with Crippen LogP contribution >= 0.6 is 0 Å². The molecule has 1 saturated carbocycles. The summed E-state index contributed by atoms with van der Waals surface area (Å²) < 4.78 is 2.04. The first-order valence-corrected chi connectivity index (χ1v) is 5.27. The lowest BCUT2D eigenvalue weighted by atomic mass is 10.3. The van der Waals surface area contributed by atoms with E-state index < -0.39 is 0 Å². The van der Waals surface area contributed by atoms with Gasteiger partial charge in [-0.3, -0.25) is 10.1 Å². The largest absolute Gasteiger partial charge is 0.331 e. The molecule has 1 fully saturated rings. The van der Waals surface area contributed by atoms with Crippen molar-refractivity contribution in [2.45, 2.75) is 18.8 Å². The van der Waals surface area contributed by atoms with Gasteiger partial charge in [0.2, 0.25) is 0 Å². The molecule has 0 aliphatic heterocycles. The number of nitro groups is 1. The summed E-state index contributed by atoms with van der Waals surface area (Å²) in [5.41, 5.74) is 1.79. The number of hydrogen-bond donors (Lipinski definition) is 0. The van der Waals surface area contributed by atoms with Gasteiger partial charge in [-0.1, -0.05) is 0 Å². The number of aromatic nitrogens is 2. The lowest BCUT2D eigenvalue weighted by molar-refractivity contribution is -0.384. The highest BCUT2D eigenvalue weighted by Crippen LogP contribution is 2.40. The molecule has 1 aromatic heterocycles. The van der Waals surface area contributed by atoms with E-state index in [4.69, 9.17) is 0 Å². The second kappa shape index (κ2) is 3.04. The van der Waals surface area contributed by atoms with Crippen LogP contribution in [-0.2, 0) is 7.05 Å². The topological polar surface area (TPSA) is 61.0 Å². The molecule has 5 nitrogen and oxygen atoms in total. The second-order valence-corrected chi connectivity index (χ2v) is 4.23. The fourth-order valence-corrected chi connectivity index (χ4v) is 2.03. The zero-order valence-electron chi connectivity index (χ0n) is 8.88. The van der Waals surface area contributed by atoms with Gasteiger partial charge < -0.3 is 4.57 Å². The third-order valence-corrected chi connectivity index (χ3v) is 3.05. The van der Waals surface area contributed by atoms with Crippen molar-refractivity contribution < 1.29 is 4.92 Å². The third-order valence-electron chi connectivity index (χ3n) is 3.05. The highest BCUT2D eigenvalue weighted by Gasteiger charge is 2.28. The number of nitrogens with zero attached hydrogens (tertiary/aromatic N) is 3. The van der Waals surface area contributed by atoms with Gasteiger partial charge >= 0.3 is 0 Å². The average Bonchev–Trinajstić information content (AvgIpc) is 3.04. The van der Waals surface area contributed by atoms with Crippen LogP contribution < -0.4 is 0 Å². The van der Waals surface area contributed by atoms with E-state index >= 15 is 0 Å². The number of aryl methyl sites for hydroxylation is 1. The van der Waals surface area contributed by atoms with Gasteiger partial charge in [-0.2, -0.15) is 0 Å². The van der Waals surface area contributed by atoms with Crippen LogP contribution in [-0.4, -0.2) is 14.5 Å². The molecule has 0 amide bonds. The van der Waals surface area contributed by atoms with E-state index in [1.807, 2.05) is 11.6 Å². The lowest BCUT2D eigenvalue weighted by Crippen LogP contribution is -1.94. The predicted molar refractivity (Wildman–Crippen MR) is 59.3 cm³/mol. The van der Waals surface area contributed by atoms with Crippen LogP contribution in [0.2, 0.25) is 0 Å². The van der Waals surface area contributed by atoms with E-state index in [9.17, 15) is 10.1 Å². The maximum Gasteiger partial charge on any atom is 0.271 e. The number of rotatable bonds is 2. The standard InChI is InChI=1S/C11H11N3O2/c1-13-10-5-4-8(14(15)16)6-9(10)12-11(13)7-2-3-7/h4-7H,2-3H2,1H3. The first kappa shape index (κ1) is 9.33. The molecule has 0 spiro atoms. The summed E-state index contributed by atoms with van der Waals surface area (Å²) in [4.78, 5) is 14.7. The van der Waals surface area contributed by atoms with E-state index in [0.29, 0.717) is 5.92 Å². The highest BCUT2D eigenvalue weighted by atomic mass is 16.6. The number of benzene rings is 1. The zero-order chi connectivity index (χ0) is 11.3. The Balaban J connectivity index is 2.20. The number of nitro benzene ring substituents is 1. The minimum atomic E-state index is -0.384. The van der Waals surface area contributed by atoms with Crippen molar-refractivity contribution in [2.75, 3.05) is 0 Å². The third kappa shape index (κ3) is 1.28. The van der Waals surface area contributed by atoms with Crippen molar-refractivity contribution >= 4 is 16.7 Å². The summed E-state index contributed by atoms with van der Waals surface area (Å²) in [5, 5.41) is 10.7. The fraction of sp³-hybridized carbons (Fsp3) is 0.364. The molecule has 0 atom stereocenters. The van der Waals surface area contributed by atoms with Crippen LogP contribution in [0.4, 0.5) is 5.69 Å². The number of imidazole rings is 1. The molecule has 3 rings (SSSR count). The van der Waals surface area contributed by atoms with Gasteiger partial charge in [-0.05, 0) is 18.9 Å². The van der Waals surface area contributed by atoms with Crippen molar-refractivity contribution in [3.05, 3.63) is 34.1 Å². The van der Waals surface area contributed by atoms with E-state index in [0.717, 1.165) is 16.9 Å². The number of hydrogen-bond acceptors (Lipinski definition) is 3. The Kier molecular flexibility index (Phi) is 1.77. The molecule has 2 aromatic rings. The van der Waals surface area contributed by atoms with Crippen LogP contribution in [0.1, 0.15) is 24.6 Å². The van der Waals surface area contributed by atoms with Crippen molar-refractivity contribution in [3.63, 3.8) is 0 Å². The number of non-ortho nitro benzene ring substituents is 1. The Morgan fingerprint density at radius 3 is 2.88 bits per heavy atom. The van der Waals surface area contributed by atoms with Crippen LogP contribution in [0.5, 0.6) is 0 Å². The molecular formula is C11H11N3O2. The molecule has 0 unspecified atom stereocenters. The molecule has 16 heavy (non-hydrogen) atoms. The first-order chi connectivity index (χ1) is 7.66. The van der Waals surface area contributed by atoms with Crippen molar-refractivity contribution in [1.82, 2.24) is 9.55 Å². The maximum atomic E-state index is 10.7. The molecule has 1 aromatic carbocycles. The normalized spacial score (nSPS) is 15.6. The van der Waals surface area contributed by atoms with Crippen molar-refractivity contribution in [2.24, 2.45) is 7.05 Å². The van der Waals surface area contributed by atoms with Crippen LogP contribution in [0, 0.1) is 10.1 Å². The Bertz CT molecular complexity index is 584. The van der Waals surface area contributed by atoms with Crippen LogP contribution in [0.15, 0.2) is 18.2 Å². The molecular weight excluding hydrogens is 206 g/mol. The van der Waals surface area contributed by atoms with Crippen LogP contribution in [0.3, 0.4) is 0 Å². The fourth-order valence-electron chi connectivity index (χ4n) is 2.03. The molecule has 0 bridgehead atoms. The first-order valence-electron chi connectivity index (χ1n) is 5.27. The molecule has 1 aliphatic carbocycles. The van der Waals surface area contributed by atoms with Gasteiger partial charge in [-0.15, -0.1) is 0 Å². The quantitative estimate of drug-likeness (QED) is 0.573. The Labute approximate surface area is 91.9 Å². The van der Waals surface area contributed by atoms with E-state index in [1.165, 1.54) is 18.9 Å². The van der Waals surface area contributed by atoms with Gasteiger partial charge in [-0.25, -0.2) is 4.98 Å². The average molecular weight is 217 g/mol. The second-order valence-electron chi connectivity index (χ2n) is 4.23. The highest BCUT2D eigenvalue weighted by molar-refractivity contribution is 5.78. The molecule has 0 saturated heterocycles. The van der Waals surface area contributed by atoms with Crippen molar-refractivity contribution in [1.29, 1.82) is 0 Å². The van der Waals surface area contributed by atoms with Gasteiger partial charge in [0.05, 0.1) is 16.0 Å². The van der Waals surface area contributed by atoms with Gasteiger partial charge in [0.15, 0.2) is 0 Å². The predicted octanol–water partition coefficient (Wildman–Crippen LogP) is 2.36. The smallest absolute Gasteiger partial charge is 0.271 e. The van der Waals surface area contributed by atoms with Gasteiger partial charge in [0, 0.05) is 25.1 Å². The van der Waals surface area contributed by atoms with Gasteiger partial charge in [0.25, 0.3) is 5.69 Å². The van der Waals surface area contributed by atoms with E-state index in [-0.39, 0.29) is 10.6 Å². The maximum absolute atomic E-state index is 10.7. The minimum absolute atomic E-state index is 0.105. The molecule has 82 valence electrons. The zero-order valence-corrected chi connectivity index (χ0v) is 8.88. The Morgan fingerprint density at radius 1 is 1.50 bits per heavy atom. The monoisotopic (exact) mass is 217 g/mol. The molecule has 0 radical (unpaired) electrons. The van der Waals surface area contributed by atoms with E-state index in [1.54, 1.807) is 12.1 Å². The summed E-state index contributed by atoms with van der Waals surface area (Å²) in [5.74, 6) is 1.60. The summed E-state index contributed by atoms with van der Waals surface area (Å²) >= 11 is 0. The van der Waals surface area contributed by atoms with Gasteiger partial charge in [0.1, 0.15) is 5.82 Å². The molecule has 1 aliphatic rings. The molecule has 5 heteroatoms. The summed E-state index contributed by atoms with van der Waals surface area (Å²) in [6.45, 7) is 0. The summed E-state index contributed by atoms with van der Waals surface area (Å²) in [6.07, 6.45) is 2.36.